The van der Waals surface area contributed by atoms with E-state index in [2.05, 4.69) is 42.3 Å². The fourth-order valence-corrected chi connectivity index (χ4v) is 6.06. The average Bonchev–Trinajstić information content (AvgIpc) is 3.12. The average molecular weight is 544 g/mol. The molecule has 2 aromatic heterocycles. The molecule has 0 unspecified atom stereocenters. The summed E-state index contributed by atoms with van der Waals surface area (Å²) in [5, 5.41) is 5.30. The van der Waals surface area contributed by atoms with E-state index in [0.29, 0.717) is 29.2 Å². The summed E-state index contributed by atoms with van der Waals surface area (Å²) in [5.41, 5.74) is 5.21. The van der Waals surface area contributed by atoms with Crippen LogP contribution < -0.4 is 21.6 Å². The van der Waals surface area contributed by atoms with Gasteiger partial charge >= 0.3 is 0 Å². The largest absolute Gasteiger partial charge is 0.367 e. The molecule has 0 spiro atoms. The predicted octanol–water partition coefficient (Wildman–Crippen LogP) is 5.14. The van der Waals surface area contributed by atoms with E-state index >= 15 is 0 Å². The van der Waals surface area contributed by atoms with Crippen molar-refractivity contribution in [2.45, 2.75) is 71.0 Å². The van der Waals surface area contributed by atoms with Crippen molar-refractivity contribution < 1.29 is 0 Å². The standard InChI is InChI=1S/C32H38ClN5O/c1-5-21-9-10-23-18-28(27-16-11-22(19-29(27)33)24-8-7-17-34-20-24)32(39)38(6-2)31(23)36-30(21)35-25-12-14-26(15-13-25)37(3)4/h7-8,10-11,16-20,25-26,35H,5-6,9,12-15H2,1-4H3. The van der Waals surface area contributed by atoms with Crippen molar-refractivity contribution in [1.82, 2.24) is 19.8 Å². The highest BCUT2D eigenvalue weighted by molar-refractivity contribution is 6.33. The molecule has 3 heterocycles. The molecule has 1 aliphatic carbocycles. The van der Waals surface area contributed by atoms with Crippen LogP contribution in [0.4, 0.5) is 0 Å². The van der Waals surface area contributed by atoms with Gasteiger partial charge in [-0.3, -0.25) is 14.3 Å². The summed E-state index contributed by atoms with van der Waals surface area (Å²) in [4.78, 5) is 25.5. The second kappa shape index (κ2) is 11.9. The van der Waals surface area contributed by atoms with Gasteiger partial charge in [0.25, 0.3) is 5.56 Å². The van der Waals surface area contributed by atoms with E-state index < -0.39 is 0 Å². The number of allylic oxidation sites excluding steroid dienone is 1. The number of halogens is 1. The maximum atomic E-state index is 13.8. The summed E-state index contributed by atoms with van der Waals surface area (Å²) in [6, 6.07) is 12.8. The summed E-state index contributed by atoms with van der Waals surface area (Å²) in [7, 11) is 4.34. The molecule has 5 rings (SSSR count). The molecule has 6 nitrogen and oxygen atoms in total. The first kappa shape index (κ1) is 27.4. The number of aromatic nitrogens is 2. The van der Waals surface area contributed by atoms with E-state index in [1.54, 1.807) is 10.8 Å². The van der Waals surface area contributed by atoms with Crippen molar-refractivity contribution in [3.8, 4) is 22.3 Å². The third-order valence-electron chi connectivity index (χ3n) is 8.18. The third kappa shape index (κ3) is 5.73. The van der Waals surface area contributed by atoms with Crippen LogP contribution in [-0.4, -0.2) is 40.6 Å². The fourth-order valence-electron chi connectivity index (χ4n) is 5.78. The summed E-state index contributed by atoms with van der Waals surface area (Å²) >= 11 is 6.78. The van der Waals surface area contributed by atoms with Crippen molar-refractivity contribution in [1.29, 1.82) is 0 Å². The molecule has 1 fully saturated rings. The Morgan fingerprint density at radius 2 is 1.85 bits per heavy atom. The van der Waals surface area contributed by atoms with Crippen molar-refractivity contribution in [2.24, 2.45) is 4.99 Å². The number of benzene rings is 1. The SMILES string of the molecule is CCC1=C(NC2CCC(N(C)C)CC2)N=c2c(cc(-c3ccc(-c4cccnc4)cc3Cl)c(=O)n2CC)=CC1. The quantitative estimate of drug-likeness (QED) is 0.448. The van der Waals surface area contributed by atoms with Crippen LogP contribution in [-0.2, 0) is 6.54 Å². The minimum absolute atomic E-state index is 0.0739. The molecular formula is C32H38ClN5O. The van der Waals surface area contributed by atoms with Crippen molar-refractivity contribution in [3.05, 3.63) is 86.3 Å². The normalized spacial score (nSPS) is 19.2. The molecule has 0 saturated heterocycles. The highest BCUT2D eigenvalue weighted by Crippen LogP contribution is 2.30. The van der Waals surface area contributed by atoms with Crippen LogP contribution in [0, 0.1) is 0 Å². The molecule has 3 aromatic rings. The molecule has 0 amide bonds. The van der Waals surface area contributed by atoms with Crippen LogP contribution in [0.5, 0.6) is 0 Å². The smallest absolute Gasteiger partial charge is 0.260 e. The Bertz CT molecular complexity index is 1550. The second-order valence-corrected chi connectivity index (χ2v) is 11.2. The lowest BCUT2D eigenvalue weighted by atomic mass is 9.90. The predicted molar refractivity (Wildman–Crippen MR) is 160 cm³/mol. The molecule has 1 aliphatic heterocycles. The van der Waals surface area contributed by atoms with E-state index in [9.17, 15) is 4.79 Å². The van der Waals surface area contributed by atoms with Crippen LogP contribution >= 0.6 is 11.6 Å². The maximum absolute atomic E-state index is 13.8. The van der Waals surface area contributed by atoms with Crippen LogP contribution in [0.2, 0.25) is 5.02 Å². The van der Waals surface area contributed by atoms with Gasteiger partial charge in [0, 0.05) is 58.0 Å². The van der Waals surface area contributed by atoms with Crippen LogP contribution in [0.3, 0.4) is 0 Å². The first-order valence-corrected chi connectivity index (χ1v) is 14.5. The van der Waals surface area contributed by atoms with Crippen molar-refractivity contribution >= 4 is 17.7 Å². The van der Waals surface area contributed by atoms with Gasteiger partial charge in [-0.15, -0.1) is 0 Å². The van der Waals surface area contributed by atoms with E-state index in [0.717, 1.165) is 58.9 Å². The Balaban J connectivity index is 1.53. The molecule has 2 aliphatic rings. The second-order valence-electron chi connectivity index (χ2n) is 10.8. The maximum Gasteiger partial charge on any atom is 0.260 e. The zero-order valence-electron chi connectivity index (χ0n) is 23.4. The van der Waals surface area contributed by atoms with Gasteiger partial charge in [-0.1, -0.05) is 42.8 Å². The van der Waals surface area contributed by atoms with Crippen LogP contribution in [0.15, 0.2) is 70.0 Å². The van der Waals surface area contributed by atoms with Crippen molar-refractivity contribution in [2.75, 3.05) is 14.1 Å². The van der Waals surface area contributed by atoms with Gasteiger partial charge in [0.2, 0.25) is 0 Å². The number of pyridine rings is 2. The van der Waals surface area contributed by atoms with Gasteiger partial charge in [-0.25, -0.2) is 4.99 Å². The number of nitrogens with zero attached hydrogens (tertiary/aromatic N) is 4. The number of nitrogens with one attached hydrogen (secondary N) is 1. The molecule has 1 aromatic carbocycles. The summed E-state index contributed by atoms with van der Waals surface area (Å²) in [5.74, 6) is 0.939. The molecule has 204 valence electrons. The Morgan fingerprint density at radius 1 is 1.05 bits per heavy atom. The Kier molecular flexibility index (Phi) is 8.34. The van der Waals surface area contributed by atoms with Gasteiger partial charge in [-0.05, 0) is 88.9 Å². The fraction of sp³-hybridized carbons (Fsp3) is 0.406. The lowest BCUT2D eigenvalue weighted by molar-refractivity contribution is 0.208. The zero-order chi connectivity index (χ0) is 27.5. The summed E-state index contributed by atoms with van der Waals surface area (Å²) in [6.45, 7) is 4.71. The molecule has 39 heavy (non-hydrogen) atoms. The number of hydrogen-bond donors (Lipinski definition) is 1. The molecule has 1 N–H and O–H groups in total. The minimum Gasteiger partial charge on any atom is -0.367 e. The van der Waals surface area contributed by atoms with Gasteiger partial charge in [-0.2, -0.15) is 0 Å². The molecule has 1 saturated carbocycles. The highest BCUT2D eigenvalue weighted by Gasteiger charge is 2.24. The van der Waals surface area contributed by atoms with Gasteiger partial charge in [0.15, 0.2) is 0 Å². The van der Waals surface area contributed by atoms with Gasteiger partial charge < -0.3 is 10.2 Å². The summed E-state index contributed by atoms with van der Waals surface area (Å²) in [6.07, 6.45) is 12.1. The molecule has 0 radical (unpaired) electrons. The first-order chi connectivity index (χ1) is 18.9. The molecule has 7 heteroatoms. The third-order valence-corrected chi connectivity index (χ3v) is 8.49. The number of hydrogen-bond acceptors (Lipinski definition) is 5. The lowest BCUT2D eigenvalue weighted by Crippen LogP contribution is -2.44. The molecule has 0 atom stereocenters. The molecule has 0 bridgehead atoms. The number of rotatable bonds is 7. The Labute approximate surface area is 235 Å². The Hall–Kier alpha value is -3.22. The van der Waals surface area contributed by atoms with Gasteiger partial charge in [0.05, 0.1) is 0 Å². The lowest BCUT2D eigenvalue weighted by Gasteiger charge is -2.33. The van der Waals surface area contributed by atoms with Crippen LogP contribution in [0.25, 0.3) is 28.3 Å². The van der Waals surface area contributed by atoms with E-state index in [1.807, 2.05) is 49.5 Å². The van der Waals surface area contributed by atoms with E-state index in [4.69, 9.17) is 16.6 Å². The minimum atomic E-state index is -0.0739. The molecular weight excluding hydrogens is 506 g/mol. The van der Waals surface area contributed by atoms with E-state index in [1.165, 1.54) is 18.4 Å². The topological polar surface area (TPSA) is 62.5 Å². The monoisotopic (exact) mass is 543 g/mol. The zero-order valence-corrected chi connectivity index (χ0v) is 24.1. The summed E-state index contributed by atoms with van der Waals surface area (Å²) < 4.78 is 1.79. The Morgan fingerprint density at radius 3 is 2.49 bits per heavy atom. The van der Waals surface area contributed by atoms with E-state index in [-0.39, 0.29) is 5.56 Å². The van der Waals surface area contributed by atoms with Crippen molar-refractivity contribution in [3.63, 3.8) is 0 Å². The number of fused-ring (bicyclic) bond motifs is 1. The highest BCUT2D eigenvalue weighted by atomic mass is 35.5. The van der Waals surface area contributed by atoms with Gasteiger partial charge in [0.1, 0.15) is 11.3 Å². The first-order valence-electron chi connectivity index (χ1n) is 14.1. The van der Waals surface area contributed by atoms with Crippen LogP contribution in [0.1, 0.15) is 52.4 Å².